The summed E-state index contributed by atoms with van der Waals surface area (Å²) in [6.07, 6.45) is -2.17. The number of rotatable bonds is 17. The molecule has 368 valence electrons. The molecule has 68 heavy (non-hydrogen) atoms. The van der Waals surface area contributed by atoms with E-state index in [1.807, 2.05) is 6.92 Å². The van der Waals surface area contributed by atoms with Crippen molar-refractivity contribution in [1.82, 2.24) is 15.1 Å². The van der Waals surface area contributed by atoms with Gasteiger partial charge in [0.1, 0.15) is 36.1 Å². The molecule has 2 aromatic carbocycles. The predicted molar refractivity (Wildman–Crippen MR) is 232 cm³/mol. The first-order valence-corrected chi connectivity index (χ1v) is 22.7. The Kier molecular flexibility index (Phi) is 15.1. The van der Waals surface area contributed by atoms with Gasteiger partial charge in [-0.1, -0.05) is 12.1 Å². The molecule has 3 saturated heterocycles. The van der Waals surface area contributed by atoms with Crippen molar-refractivity contribution >= 4 is 35.1 Å². The van der Waals surface area contributed by atoms with E-state index in [1.165, 1.54) is 25.3 Å². The number of aliphatic hydroxyl groups is 1. The lowest BCUT2D eigenvalue weighted by atomic mass is 9.72. The van der Waals surface area contributed by atoms with Crippen LogP contribution in [-0.4, -0.2) is 183 Å². The molecule has 8 rings (SSSR count). The molecule has 4 heterocycles. The third-order valence-electron chi connectivity index (χ3n) is 13.4. The van der Waals surface area contributed by atoms with E-state index in [0.29, 0.717) is 39.0 Å². The molecule has 2 aliphatic carbocycles. The van der Waals surface area contributed by atoms with Crippen molar-refractivity contribution in [2.75, 3.05) is 73.9 Å². The number of imide groups is 1. The summed E-state index contributed by atoms with van der Waals surface area (Å²) in [6, 6.07) is 4.13. The van der Waals surface area contributed by atoms with Crippen LogP contribution in [-0.2, 0) is 63.5 Å². The Morgan fingerprint density at radius 3 is 2.41 bits per heavy atom. The number of benzene rings is 2. The second-order valence-corrected chi connectivity index (χ2v) is 17.6. The van der Waals surface area contributed by atoms with E-state index in [2.05, 4.69) is 10.2 Å². The molecule has 3 fully saturated rings. The Morgan fingerprint density at radius 2 is 1.68 bits per heavy atom. The van der Waals surface area contributed by atoms with Crippen LogP contribution in [0.2, 0.25) is 0 Å². The first kappa shape index (κ1) is 49.2. The van der Waals surface area contributed by atoms with E-state index in [4.69, 9.17) is 42.6 Å². The van der Waals surface area contributed by atoms with Gasteiger partial charge in [0.15, 0.2) is 30.4 Å². The minimum Gasteiger partial charge on any atom is -0.507 e. The maximum absolute atomic E-state index is 14.3. The molecular formula is C47H57N3O18. The SMILES string of the molecule is COc1cccc2c1C(=O)c1c(O)c3c(c(O)c1C2=O)C[C@@](O)(C(=O)COC1CCCC(COCC(=O)NCCN2C(=O)C=CC2=O)O1)C[C@@H]3O[C@H]1C[C@H](N2CCO[C@H](OC)C2)[C@H](OC)[C@H](C)O1. The van der Waals surface area contributed by atoms with Gasteiger partial charge in [0.05, 0.1) is 61.4 Å². The van der Waals surface area contributed by atoms with Crippen LogP contribution in [0, 0.1) is 0 Å². The molecular weight excluding hydrogens is 895 g/mol. The summed E-state index contributed by atoms with van der Waals surface area (Å²) in [7, 11) is 4.47. The Hall–Kier alpha value is -5.20. The highest BCUT2D eigenvalue weighted by Crippen LogP contribution is 2.53. The van der Waals surface area contributed by atoms with Gasteiger partial charge in [-0.05, 0) is 32.3 Å². The monoisotopic (exact) mass is 951 g/mol. The van der Waals surface area contributed by atoms with Crippen LogP contribution in [0.4, 0.5) is 0 Å². The number of morpholine rings is 1. The van der Waals surface area contributed by atoms with Gasteiger partial charge in [-0.15, -0.1) is 0 Å². The summed E-state index contributed by atoms with van der Waals surface area (Å²) in [5.41, 5.74) is -3.68. The number of ketones is 3. The van der Waals surface area contributed by atoms with Gasteiger partial charge >= 0.3 is 0 Å². The highest BCUT2D eigenvalue weighted by molar-refractivity contribution is 6.31. The summed E-state index contributed by atoms with van der Waals surface area (Å²) in [5.74, 6) is -4.99. The van der Waals surface area contributed by atoms with E-state index in [-0.39, 0.29) is 66.8 Å². The molecule has 0 aromatic heterocycles. The second-order valence-electron chi connectivity index (χ2n) is 17.6. The second kappa shape index (κ2) is 20.8. The number of carbonyl (C=O) groups excluding carboxylic acids is 6. The Bertz CT molecular complexity index is 2320. The van der Waals surface area contributed by atoms with Crippen molar-refractivity contribution in [3.63, 3.8) is 0 Å². The van der Waals surface area contributed by atoms with E-state index in [9.17, 15) is 44.1 Å². The summed E-state index contributed by atoms with van der Waals surface area (Å²) >= 11 is 0. The predicted octanol–water partition coefficient (Wildman–Crippen LogP) is 0.979. The number of methoxy groups -OCH3 is 3. The minimum atomic E-state index is -2.31. The third-order valence-corrected chi connectivity index (χ3v) is 13.4. The fourth-order valence-corrected chi connectivity index (χ4v) is 10.0. The van der Waals surface area contributed by atoms with Gasteiger partial charge in [-0.3, -0.25) is 38.6 Å². The topological polar surface area (TPSA) is 265 Å². The van der Waals surface area contributed by atoms with E-state index in [1.54, 1.807) is 14.2 Å². The molecule has 21 nitrogen and oxygen atoms in total. The zero-order valence-electron chi connectivity index (χ0n) is 38.3. The number of fused-ring (bicyclic) bond motifs is 3. The molecule has 0 radical (unpaired) electrons. The highest BCUT2D eigenvalue weighted by Gasteiger charge is 2.51. The number of amides is 3. The van der Waals surface area contributed by atoms with Gasteiger partial charge in [-0.25, -0.2) is 0 Å². The summed E-state index contributed by atoms with van der Waals surface area (Å²) in [5, 5.41) is 39.2. The Balaban J connectivity index is 0.991. The van der Waals surface area contributed by atoms with Crippen molar-refractivity contribution in [2.45, 2.75) is 100 Å². The standard InChI is InChI=1S/C47H57N3O18/c1-24-46(62-4)28(49-15-16-64-37(20-49)61-3)17-36(66-24)68-30-19-47(59,18-27-39(30)45(58)41-40(43(27)56)42(55)26-8-6-9-29(60-2)38(26)44(41)57)31(51)22-65-35-10-5-7-25(67-35)21-63-23-32(52)48-13-14-50-33(53)11-12-34(50)54/h6,8-9,11-12,24-25,28,30,35-37,46,56,58-59H,5,7,10,13-23H2,1-4H3,(H,48,52)/t24-,25?,28-,30-,35?,36-,37-,46+,47-/m0/s1. The van der Waals surface area contributed by atoms with Crippen LogP contribution in [0.5, 0.6) is 17.2 Å². The van der Waals surface area contributed by atoms with E-state index < -0.39 is 126 Å². The van der Waals surface area contributed by atoms with Crippen molar-refractivity contribution in [2.24, 2.45) is 0 Å². The van der Waals surface area contributed by atoms with Crippen LogP contribution in [0.25, 0.3) is 0 Å². The molecule has 0 spiro atoms. The molecule has 6 aliphatic rings. The number of hydrogen-bond donors (Lipinski definition) is 4. The van der Waals surface area contributed by atoms with Gasteiger partial charge in [0.2, 0.25) is 11.7 Å². The van der Waals surface area contributed by atoms with Crippen LogP contribution in [0.1, 0.15) is 88.1 Å². The maximum Gasteiger partial charge on any atom is 0.253 e. The normalized spacial score (nSPS) is 29.4. The van der Waals surface area contributed by atoms with Crippen molar-refractivity contribution in [3.05, 3.63) is 63.7 Å². The average molecular weight is 952 g/mol. The van der Waals surface area contributed by atoms with Gasteiger partial charge < -0.3 is 63.3 Å². The molecule has 3 amide bonds. The number of Topliss-reactive ketones (excluding diaryl/α,β-unsaturated/α-hetero) is 1. The number of phenolic OH excluding ortho intramolecular Hbond substituents is 2. The number of ether oxygens (including phenoxy) is 9. The fraction of sp³-hybridized carbons (Fsp3) is 0.574. The van der Waals surface area contributed by atoms with Gasteiger partial charge in [0, 0.05) is 94.5 Å². The molecule has 4 aliphatic heterocycles. The van der Waals surface area contributed by atoms with Gasteiger partial charge in [0.25, 0.3) is 11.8 Å². The van der Waals surface area contributed by atoms with Gasteiger partial charge in [-0.2, -0.15) is 0 Å². The molecule has 0 bridgehead atoms. The number of phenols is 2. The van der Waals surface area contributed by atoms with Crippen molar-refractivity contribution < 1.29 is 86.7 Å². The number of carbonyl (C=O) groups is 6. The molecule has 0 saturated carbocycles. The number of hydrogen-bond acceptors (Lipinski definition) is 19. The van der Waals surface area contributed by atoms with Crippen molar-refractivity contribution in [1.29, 1.82) is 0 Å². The number of nitrogens with zero attached hydrogens (tertiary/aromatic N) is 2. The molecule has 21 heteroatoms. The first-order chi connectivity index (χ1) is 32.7. The number of aromatic hydroxyl groups is 2. The number of nitrogens with one attached hydrogen (secondary N) is 1. The molecule has 4 N–H and O–H groups in total. The lowest BCUT2D eigenvalue weighted by molar-refractivity contribution is -0.270. The van der Waals surface area contributed by atoms with E-state index in [0.717, 1.165) is 17.1 Å². The Morgan fingerprint density at radius 1 is 0.912 bits per heavy atom. The van der Waals surface area contributed by atoms with Crippen LogP contribution < -0.4 is 10.1 Å². The van der Waals surface area contributed by atoms with Crippen LogP contribution in [0.3, 0.4) is 0 Å². The average Bonchev–Trinajstić information content (AvgIpc) is 3.65. The molecule has 9 atom stereocenters. The maximum atomic E-state index is 14.3. The van der Waals surface area contributed by atoms with Crippen LogP contribution in [0.15, 0.2) is 30.4 Å². The summed E-state index contributed by atoms with van der Waals surface area (Å²) in [6.45, 7) is 2.31. The van der Waals surface area contributed by atoms with Crippen molar-refractivity contribution in [3.8, 4) is 17.2 Å². The zero-order valence-corrected chi connectivity index (χ0v) is 38.3. The lowest BCUT2D eigenvalue weighted by Gasteiger charge is -2.48. The summed E-state index contributed by atoms with van der Waals surface area (Å²) < 4.78 is 53.0. The molecule has 2 aromatic rings. The Labute approximate surface area is 391 Å². The largest absolute Gasteiger partial charge is 0.507 e. The highest BCUT2D eigenvalue weighted by atomic mass is 16.7. The summed E-state index contributed by atoms with van der Waals surface area (Å²) in [4.78, 5) is 81.6. The van der Waals surface area contributed by atoms with E-state index >= 15 is 0 Å². The third kappa shape index (κ3) is 9.82. The zero-order chi connectivity index (χ0) is 48.4. The first-order valence-electron chi connectivity index (χ1n) is 22.7. The lowest BCUT2D eigenvalue weighted by Crippen LogP contribution is -2.60. The van der Waals surface area contributed by atoms with Crippen LogP contribution >= 0.6 is 0 Å². The minimum absolute atomic E-state index is 0.0157. The molecule has 2 unspecified atom stereocenters. The smallest absolute Gasteiger partial charge is 0.253 e. The quantitative estimate of drug-likeness (QED) is 0.109. The fourth-order valence-electron chi connectivity index (χ4n) is 10.0.